The topological polar surface area (TPSA) is 27.1 Å². The molecule has 0 radical (unpaired) electrons. The smallest absolute Gasteiger partial charge is 0.0227 e. The SMILES string of the molecule is C=C1CN(C)CC/C1=C/C=N.CC. The second-order valence-electron chi connectivity index (χ2n) is 2.95. The average Bonchev–Trinajstić information content (AvgIpc) is 2.14. The van der Waals surface area contributed by atoms with Gasteiger partial charge in [0.2, 0.25) is 0 Å². The summed E-state index contributed by atoms with van der Waals surface area (Å²) in [6.07, 6.45) is 4.21. The van der Waals surface area contributed by atoms with E-state index in [9.17, 15) is 0 Å². The Balaban J connectivity index is 0.000000671. The molecule has 13 heavy (non-hydrogen) atoms. The van der Waals surface area contributed by atoms with Crippen molar-refractivity contribution in [2.75, 3.05) is 20.1 Å². The first-order valence-electron chi connectivity index (χ1n) is 4.80. The molecule has 0 amide bonds. The monoisotopic (exact) mass is 180 g/mol. The lowest BCUT2D eigenvalue weighted by Crippen LogP contribution is -2.28. The van der Waals surface area contributed by atoms with Gasteiger partial charge in [0.15, 0.2) is 0 Å². The van der Waals surface area contributed by atoms with Crippen LogP contribution in [0.25, 0.3) is 0 Å². The first-order chi connectivity index (χ1) is 6.24. The van der Waals surface area contributed by atoms with E-state index in [1.165, 1.54) is 11.8 Å². The molecule has 0 atom stereocenters. The van der Waals surface area contributed by atoms with Crippen molar-refractivity contribution in [2.24, 2.45) is 0 Å². The van der Waals surface area contributed by atoms with Crippen LogP contribution in [-0.4, -0.2) is 31.3 Å². The molecule has 0 aromatic carbocycles. The molecule has 2 heteroatoms. The van der Waals surface area contributed by atoms with E-state index in [1.54, 1.807) is 0 Å². The molecule has 1 fully saturated rings. The molecule has 2 nitrogen and oxygen atoms in total. The van der Waals surface area contributed by atoms with E-state index in [0.29, 0.717) is 0 Å². The molecule has 0 bridgehead atoms. The van der Waals surface area contributed by atoms with Gasteiger partial charge in [-0.15, -0.1) is 0 Å². The van der Waals surface area contributed by atoms with Crippen LogP contribution in [0.5, 0.6) is 0 Å². The van der Waals surface area contributed by atoms with Crippen molar-refractivity contribution in [2.45, 2.75) is 20.3 Å². The number of piperidine rings is 1. The summed E-state index contributed by atoms with van der Waals surface area (Å²) in [5.41, 5.74) is 2.39. The lowest BCUT2D eigenvalue weighted by molar-refractivity contribution is 0.348. The number of hydrogen-bond donors (Lipinski definition) is 1. The Morgan fingerprint density at radius 2 is 2.08 bits per heavy atom. The van der Waals surface area contributed by atoms with Gasteiger partial charge < -0.3 is 10.3 Å². The lowest BCUT2D eigenvalue weighted by atomic mass is 10.00. The van der Waals surface area contributed by atoms with Gasteiger partial charge in [-0.25, -0.2) is 0 Å². The van der Waals surface area contributed by atoms with Crippen LogP contribution in [0.3, 0.4) is 0 Å². The predicted molar refractivity (Wildman–Crippen MR) is 59.5 cm³/mol. The molecule has 1 aliphatic heterocycles. The van der Waals surface area contributed by atoms with Crippen molar-refractivity contribution in [3.63, 3.8) is 0 Å². The Hall–Kier alpha value is -0.890. The van der Waals surface area contributed by atoms with Crippen molar-refractivity contribution in [3.05, 3.63) is 23.8 Å². The molecule has 1 rings (SSSR count). The minimum Gasteiger partial charge on any atom is -0.309 e. The molecular weight excluding hydrogens is 160 g/mol. The number of nitrogens with one attached hydrogen (secondary N) is 1. The summed E-state index contributed by atoms with van der Waals surface area (Å²) >= 11 is 0. The lowest BCUT2D eigenvalue weighted by Gasteiger charge is -2.25. The molecule has 1 saturated heterocycles. The maximum atomic E-state index is 6.92. The zero-order chi connectivity index (χ0) is 10.3. The molecule has 1 heterocycles. The predicted octanol–water partition coefficient (Wildman–Crippen LogP) is 2.48. The molecule has 0 aromatic rings. The molecule has 0 saturated carbocycles. The third-order valence-electron chi connectivity index (χ3n) is 1.96. The van der Waals surface area contributed by atoms with Crippen LogP contribution in [0.15, 0.2) is 23.8 Å². The quantitative estimate of drug-likeness (QED) is 0.617. The third-order valence-corrected chi connectivity index (χ3v) is 1.96. The maximum absolute atomic E-state index is 6.92. The van der Waals surface area contributed by atoms with Crippen LogP contribution >= 0.6 is 0 Å². The van der Waals surface area contributed by atoms with E-state index in [1.807, 2.05) is 19.9 Å². The van der Waals surface area contributed by atoms with Gasteiger partial charge in [-0.1, -0.05) is 20.4 Å². The van der Waals surface area contributed by atoms with E-state index in [2.05, 4.69) is 18.5 Å². The number of rotatable bonds is 1. The summed E-state index contributed by atoms with van der Waals surface area (Å²) in [5, 5.41) is 6.92. The summed E-state index contributed by atoms with van der Waals surface area (Å²) in [6.45, 7) is 9.98. The zero-order valence-electron chi connectivity index (χ0n) is 8.93. The van der Waals surface area contributed by atoms with Gasteiger partial charge in [0, 0.05) is 19.3 Å². The van der Waals surface area contributed by atoms with Crippen LogP contribution in [0.1, 0.15) is 20.3 Å². The number of likely N-dealkylation sites (N-methyl/N-ethyl adjacent to an activating group) is 1. The molecule has 0 spiro atoms. The van der Waals surface area contributed by atoms with Gasteiger partial charge >= 0.3 is 0 Å². The first-order valence-corrected chi connectivity index (χ1v) is 4.80. The number of likely N-dealkylation sites (tertiary alicyclic amines) is 1. The van der Waals surface area contributed by atoms with Crippen LogP contribution in [0.2, 0.25) is 0 Å². The van der Waals surface area contributed by atoms with Gasteiger partial charge in [0.1, 0.15) is 0 Å². The summed E-state index contributed by atoms with van der Waals surface area (Å²) in [5.74, 6) is 0. The van der Waals surface area contributed by atoms with Crippen molar-refractivity contribution in [1.29, 1.82) is 5.41 Å². The van der Waals surface area contributed by atoms with Crippen molar-refractivity contribution >= 4 is 6.21 Å². The Morgan fingerprint density at radius 3 is 2.54 bits per heavy atom. The summed E-state index contributed by atoms with van der Waals surface area (Å²) in [6, 6.07) is 0. The molecule has 0 aliphatic carbocycles. The number of allylic oxidation sites excluding steroid dienone is 1. The van der Waals surface area contributed by atoms with Gasteiger partial charge in [-0.05, 0) is 30.7 Å². The highest BCUT2D eigenvalue weighted by Crippen LogP contribution is 2.18. The molecule has 1 aliphatic rings. The fraction of sp³-hybridized carbons (Fsp3) is 0.545. The largest absolute Gasteiger partial charge is 0.309 e. The van der Waals surface area contributed by atoms with Gasteiger partial charge in [0.05, 0.1) is 0 Å². The van der Waals surface area contributed by atoms with E-state index < -0.39 is 0 Å². The molecule has 0 unspecified atom stereocenters. The number of hydrogen-bond acceptors (Lipinski definition) is 2. The molecular formula is C11H20N2. The minimum atomic E-state index is 0.944. The van der Waals surface area contributed by atoms with Gasteiger partial charge in [0.25, 0.3) is 0 Å². The van der Waals surface area contributed by atoms with E-state index in [-0.39, 0.29) is 0 Å². The van der Waals surface area contributed by atoms with Crippen LogP contribution in [-0.2, 0) is 0 Å². The highest BCUT2D eigenvalue weighted by atomic mass is 15.1. The summed E-state index contributed by atoms with van der Waals surface area (Å²) in [7, 11) is 2.09. The zero-order valence-corrected chi connectivity index (χ0v) is 8.93. The van der Waals surface area contributed by atoms with Crippen LogP contribution < -0.4 is 0 Å². The van der Waals surface area contributed by atoms with Gasteiger partial charge in [-0.2, -0.15) is 0 Å². The van der Waals surface area contributed by atoms with E-state index in [4.69, 9.17) is 5.41 Å². The Bertz CT molecular complexity index is 204. The second kappa shape index (κ2) is 6.61. The highest BCUT2D eigenvalue weighted by molar-refractivity contribution is 5.70. The number of nitrogens with zero attached hydrogens (tertiary/aromatic N) is 1. The Labute approximate surface area is 81.5 Å². The van der Waals surface area contributed by atoms with Crippen molar-refractivity contribution < 1.29 is 0 Å². The maximum Gasteiger partial charge on any atom is 0.0227 e. The third kappa shape index (κ3) is 4.04. The molecule has 1 N–H and O–H groups in total. The van der Waals surface area contributed by atoms with Crippen LogP contribution in [0, 0.1) is 5.41 Å². The fourth-order valence-electron chi connectivity index (χ4n) is 1.30. The fourth-order valence-corrected chi connectivity index (χ4v) is 1.30. The Kier molecular flexibility index (Phi) is 6.15. The summed E-state index contributed by atoms with van der Waals surface area (Å²) in [4.78, 5) is 2.24. The second-order valence-corrected chi connectivity index (χ2v) is 2.95. The minimum absolute atomic E-state index is 0.944. The standard InChI is InChI=1S/C9H14N2.C2H6/c1-8-7-11(2)6-4-9(8)3-5-10;1-2/h3,5,10H,1,4,6-7H2,2H3;1-2H3/b9-3-,10-5?;. The van der Waals surface area contributed by atoms with Crippen molar-refractivity contribution in [1.82, 2.24) is 4.90 Å². The molecule has 74 valence electrons. The highest BCUT2D eigenvalue weighted by Gasteiger charge is 2.12. The first kappa shape index (κ1) is 12.1. The Morgan fingerprint density at radius 1 is 1.46 bits per heavy atom. The van der Waals surface area contributed by atoms with Crippen LogP contribution in [0.4, 0.5) is 0 Å². The normalized spacial score (nSPS) is 20.8. The summed E-state index contributed by atoms with van der Waals surface area (Å²) < 4.78 is 0. The molecule has 0 aromatic heterocycles. The van der Waals surface area contributed by atoms with Crippen molar-refractivity contribution in [3.8, 4) is 0 Å². The van der Waals surface area contributed by atoms with E-state index >= 15 is 0 Å². The van der Waals surface area contributed by atoms with Gasteiger partial charge in [-0.3, -0.25) is 0 Å². The average molecular weight is 180 g/mol. The van der Waals surface area contributed by atoms with E-state index in [0.717, 1.165) is 25.1 Å².